The predicted octanol–water partition coefficient (Wildman–Crippen LogP) is 2.55. The highest BCUT2D eigenvalue weighted by atomic mass is 35.5. The third-order valence-corrected chi connectivity index (χ3v) is 6.98. The van der Waals surface area contributed by atoms with Crippen LogP contribution in [0.25, 0.3) is 0 Å². The first-order chi connectivity index (χ1) is 16.5. The van der Waals surface area contributed by atoms with Gasteiger partial charge in [-0.1, -0.05) is 35.6 Å². The number of aromatic nitrogens is 1. The Kier molecular flexibility index (Phi) is 9.96. The van der Waals surface area contributed by atoms with Crippen LogP contribution in [0.1, 0.15) is 33.4 Å². The van der Waals surface area contributed by atoms with Gasteiger partial charge in [-0.25, -0.2) is 18.4 Å². The van der Waals surface area contributed by atoms with Crippen LogP contribution in [0.5, 0.6) is 0 Å². The van der Waals surface area contributed by atoms with E-state index in [1.54, 1.807) is 24.3 Å². The average molecular weight is 551 g/mol. The van der Waals surface area contributed by atoms with Crippen molar-refractivity contribution in [2.45, 2.75) is 31.2 Å². The van der Waals surface area contributed by atoms with Crippen LogP contribution in [0.2, 0.25) is 0 Å². The van der Waals surface area contributed by atoms with Gasteiger partial charge in [0.1, 0.15) is 4.88 Å². The molecule has 0 saturated heterocycles. The molecule has 1 heterocycles. The van der Waals surface area contributed by atoms with Gasteiger partial charge in [0.15, 0.2) is 20.9 Å². The van der Waals surface area contributed by atoms with Crippen LogP contribution in [0.3, 0.4) is 0 Å². The fraction of sp³-hybridized carbons (Fsp3) is 0.217. The molecule has 10 nitrogen and oxygen atoms in total. The minimum absolute atomic E-state index is 0. The van der Waals surface area contributed by atoms with Crippen LogP contribution in [0.4, 0.5) is 10.8 Å². The van der Waals surface area contributed by atoms with Crippen molar-refractivity contribution in [1.82, 2.24) is 10.3 Å². The number of anilines is 1. The van der Waals surface area contributed by atoms with Gasteiger partial charge in [0.2, 0.25) is 5.91 Å². The van der Waals surface area contributed by atoms with Crippen molar-refractivity contribution < 1.29 is 18.0 Å². The summed E-state index contributed by atoms with van der Waals surface area (Å²) in [5.41, 5.74) is 13.7. The Balaban J connectivity index is 0.00000456. The first-order valence-electron chi connectivity index (χ1n) is 10.5. The lowest BCUT2D eigenvalue weighted by atomic mass is 10.1. The lowest BCUT2D eigenvalue weighted by Gasteiger charge is -2.07. The second-order valence-corrected chi connectivity index (χ2v) is 10.8. The van der Waals surface area contributed by atoms with E-state index in [1.165, 1.54) is 19.1 Å². The number of nitrogens with two attached hydrogens (primary N) is 2. The maximum atomic E-state index is 12.9. The molecule has 0 aliphatic rings. The average Bonchev–Trinajstić information content (AvgIpc) is 3.18. The van der Waals surface area contributed by atoms with E-state index in [0.29, 0.717) is 34.2 Å². The molecule has 3 rings (SSSR count). The highest BCUT2D eigenvalue weighted by Gasteiger charge is 2.19. The zero-order valence-electron chi connectivity index (χ0n) is 19.6. The molecule has 13 heteroatoms. The quantitative estimate of drug-likeness (QED) is 0.234. The molecule has 0 bridgehead atoms. The van der Waals surface area contributed by atoms with Crippen LogP contribution in [0.15, 0.2) is 58.4 Å². The zero-order valence-corrected chi connectivity index (χ0v) is 22.1. The van der Waals surface area contributed by atoms with Crippen molar-refractivity contribution >= 4 is 62.2 Å². The van der Waals surface area contributed by atoms with E-state index in [2.05, 4.69) is 20.6 Å². The van der Waals surface area contributed by atoms with Crippen LogP contribution in [-0.2, 0) is 34.0 Å². The molecule has 36 heavy (non-hydrogen) atoms. The summed E-state index contributed by atoms with van der Waals surface area (Å²) in [6.07, 6.45) is 2.22. The Morgan fingerprint density at radius 3 is 2.17 bits per heavy atom. The molecule has 0 saturated carbocycles. The van der Waals surface area contributed by atoms with Gasteiger partial charge in [-0.05, 0) is 48.2 Å². The number of halogens is 1. The molecule has 0 aliphatic heterocycles. The number of carbonyl (C=O) groups is 2. The van der Waals surface area contributed by atoms with E-state index in [4.69, 9.17) is 11.5 Å². The van der Waals surface area contributed by atoms with Crippen molar-refractivity contribution in [3.05, 3.63) is 70.2 Å². The van der Waals surface area contributed by atoms with E-state index in [9.17, 15) is 18.0 Å². The molecule has 6 N–H and O–H groups in total. The summed E-state index contributed by atoms with van der Waals surface area (Å²) in [6, 6.07) is 13.7. The van der Waals surface area contributed by atoms with Gasteiger partial charge in [0, 0.05) is 19.7 Å². The molecule has 0 atom stereocenters. The molecule has 0 aliphatic carbocycles. The van der Waals surface area contributed by atoms with Gasteiger partial charge < -0.3 is 22.1 Å². The largest absolute Gasteiger partial charge is 0.370 e. The SMILES string of the molecule is CC(=O)Nc1nc(CCc2ccc(N=C(N)N)cc2)c(C(=O)NCc2ccc(S(C)(=O)=O)cc2)s1.Cl. The van der Waals surface area contributed by atoms with E-state index >= 15 is 0 Å². The molecule has 0 unspecified atom stereocenters. The van der Waals surface area contributed by atoms with Gasteiger partial charge in [-0.15, -0.1) is 12.4 Å². The number of guanidine groups is 1. The topological polar surface area (TPSA) is 170 Å². The number of hydrogen-bond donors (Lipinski definition) is 4. The van der Waals surface area contributed by atoms with Crippen molar-refractivity contribution in [1.29, 1.82) is 0 Å². The van der Waals surface area contributed by atoms with Gasteiger partial charge in [0.05, 0.1) is 16.3 Å². The standard InChI is InChI=1S/C23H26N6O4S2.ClH/c1-14(30)27-23-29-19(12-7-15-3-8-17(9-4-15)28-22(24)25)20(34-23)21(31)26-13-16-5-10-18(11-6-16)35(2,32)33;/h3-6,8-11H,7,12-13H2,1-2H3,(H,26,31)(H4,24,25,28)(H,27,29,30);1H. The molecular formula is C23H27ClN6O4S2. The van der Waals surface area contributed by atoms with Crippen molar-refractivity contribution in [3.63, 3.8) is 0 Å². The fourth-order valence-electron chi connectivity index (χ4n) is 3.17. The number of rotatable bonds is 9. The van der Waals surface area contributed by atoms with Crippen LogP contribution < -0.4 is 22.1 Å². The lowest BCUT2D eigenvalue weighted by Crippen LogP contribution is -2.23. The predicted molar refractivity (Wildman–Crippen MR) is 144 cm³/mol. The summed E-state index contributed by atoms with van der Waals surface area (Å²) in [4.78, 5) is 33.5. The Bertz CT molecular complexity index is 1350. The van der Waals surface area contributed by atoms with Gasteiger partial charge >= 0.3 is 0 Å². The molecule has 2 amide bonds. The lowest BCUT2D eigenvalue weighted by molar-refractivity contribution is -0.114. The second-order valence-electron chi connectivity index (χ2n) is 7.78. The van der Waals surface area contributed by atoms with E-state index in [1.807, 2.05) is 12.1 Å². The maximum Gasteiger partial charge on any atom is 0.263 e. The number of aryl methyl sites for hydroxylation is 2. The Morgan fingerprint density at radius 1 is 1.00 bits per heavy atom. The Morgan fingerprint density at radius 2 is 1.61 bits per heavy atom. The van der Waals surface area contributed by atoms with Crippen molar-refractivity contribution in [2.75, 3.05) is 11.6 Å². The molecule has 0 fully saturated rings. The van der Waals surface area contributed by atoms with E-state index in [-0.39, 0.29) is 41.6 Å². The summed E-state index contributed by atoms with van der Waals surface area (Å²) >= 11 is 1.10. The monoisotopic (exact) mass is 550 g/mol. The summed E-state index contributed by atoms with van der Waals surface area (Å²) in [5.74, 6) is -0.629. The maximum absolute atomic E-state index is 12.9. The summed E-state index contributed by atoms with van der Waals surface area (Å²) < 4.78 is 23.2. The fourth-order valence-corrected chi connectivity index (χ4v) is 4.77. The number of benzene rings is 2. The summed E-state index contributed by atoms with van der Waals surface area (Å²) in [6.45, 7) is 1.58. The van der Waals surface area contributed by atoms with Crippen LogP contribution in [0, 0.1) is 0 Å². The van der Waals surface area contributed by atoms with Crippen LogP contribution >= 0.6 is 23.7 Å². The number of nitrogens with one attached hydrogen (secondary N) is 2. The normalized spacial score (nSPS) is 10.7. The Labute approximate surface area is 219 Å². The highest BCUT2D eigenvalue weighted by Crippen LogP contribution is 2.25. The van der Waals surface area contributed by atoms with Crippen molar-refractivity contribution in [3.8, 4) is 0 Å². The van der Waals surface area contributed by atoms with Gasteiger partial charge in [-0.3, -0.25) is 9.59 Å². The number of aliphatic imine (C=N–C) groups is 1. The second kappa shape index (κ2) is 12.5. The molecule has 3 aromatic rings. The van der Waals surface area contributed by atoms with E-state index < -0.39 is 9.84 Å². The Hall–Kier alpha value is -3.48. The number of carbonyl (C=O) groups excluding carboxylic acids is 2. The minimum atomic E-state index is -3.29. The summed E-state index contributed by atoms with van der Waals surface area (Å²) in [7, 11) is -3.29. The summed E-state index contributed by atoms with van der Waals surface area (Å²) in [5, 5.41) is 5.81. The van der Waals surface area contributed by atoms with Crippen molar-refractivity contribution in [2.24, 2.45) is 16.5 Å². The zero-order chi connectivity index (χ0) is 25.6. The number of hydrogen-bond acceptors (Lipinski definition) is 7. The molecular weight excluding hydrogens is 524 g/mol. The third-order valence-electron chi connectivity index (χ3n) is 4.84. The highest BCUT2D eigenvalue weighted by molar-refractivity contribution is 7.90. The van der Waals surface area contributed by atoms with Crippen LogP contribution in [-0.4, -0.2) is 37.4 Å². The number of amides is 2. The van der Waals surface area contributed by atoms with Gasteiger partial charge in [0.25, 0.3) is 5.91 Å². The molecule has 2 aromatic carbocycles. The number of sulfone groups is 1. The first-order valence-corrected chi connectivity index (χ1v) is 13.2. The molecule has 1 aromatic heterocycles. The molecule has 192 valence electrons. The molecule has 0 spiro atoms. The number of nitrogens with zero attached hydrogens (tertiary/aromatic N) is 2. The van der Waals surface area contributed by atoms with E-state index in [0.717, 1.165) is 28.7 Å². The first kappa shape index (κ1) is 28.8. The van der Waals surface area contributed by atoms with Gasteiger partial charge in [-0.2, -0.15) is 0 Å². The molecule has 0 radical (unpaired) electrons. The third kappa shape index (κ3) is 8.33. The minimum Gasteiger partial charge on any atom is -0.370 e. The number of thiazole rings is 1. The smallest absolute Gasteiger partial charge is 0.263 e.